The minimum absolute atomic E-state index is 0.296. The number of nitrogens with zero attached hydrogens (tertiary/aromatic N) is 3. The molecule has 1 fully saturated rings. The summed E-state index contributed by atoms with van der Waals surface area (Å²) in [4.78, 5) is 26.9. The maximum atomic E-state index is 12.7. The summed E-state index contributed by atoms with van der Waals surface area (Å²) >= 11 is 0. The molecule has 0 aliphatic carbocycles. The van der Waals surface area contributed by atoms with Crippen molar-refractivity contribution >= 4 is 23.4 Å². The molecule has 7 nitrogen and oxygen atoms in total. The largest absolute Gasteiger partial charge is 0.378 e. The van der Waals surface area contributed by atoms with Gasteiger partial charge in [-0.05, 0) is 48.7 Å². The Hall–Kier alpha value is -2.87. The third-order valence-electron chi connectivity index (χ3n) is 6.50. The van der Waals surface area contributed by atoms with Gasteiger partial charge in [-0.15, -0.1) is 0 Å². The second-order valence-corrected chi connectivity index (χ2v) is 9.29. The molecule has 1 unspecified atom stereocenters. The Morgan fingerprint density at radius 3 is 2.64 bits per heavy atom. The van der Waals surface area contributed by atoms with Crippen molar-refractivity contribution in [3.8, 4) is 0 Å². The van der Waals surface area contributed by atoms with E-state index >= 15 is 0 Å². The van der Waals surface area contributed by atoms with Gasteiger partial charge in [0, 0.05) is 38.1 Å². The topological polar surface area (TPSA) is 51.2 Å². The predicted molar refractivity (Wildman–Crippen MR) is 130 cm³/mol. The molecule has 0 bridgehead atoms. The lowest BCUT2D eigenvalue weighted by molar-refractivity contribution is -0.934. The number of anilines is 2. The molecule has 2 heterocycles. The Kier molecular flexibility index (Phi) is 6.47. The van der Waals surface area contributed by atoms with E-state index in [0.717, 1.165) is 29.9 Å². The first kappa shape index (κ1) is 23.3. The summed E-state index contributed by atoms with van der Waals surface area (Å²) in [6, 6.07) is 16.8. The van der Waals surface area contributed by atoms with Crippen LogP contribution in [0, 0.1) is 0 Å². The maximum Gasteiger partial charge on any atom is 0.377 e. The minimum Gasteiger partial charge on any atom is -0.378 e. The number of rotatable bonds is 7. The summed E-state index contributed by atoms with van der Waals surface area (Å²) in [7, 11) is 8.24. The number of carbonyl (C=O) groups is 1. The van der Waals surface area contributed by atoms with Gasteiger partial charge < -0.3 is 4.90 Å². The molecule has 0 radical (unpaired) electrons. The fourth-order valence-electron chi connectivity index (χ4n) is 4.71. The molecule has 0 spiro atoms. The summed E-state index contributed by atoms with van der Waals surface area (Å²) in [6.45, 7) is 3.34. The molecule has 2 aromatic rings. The van der Waals surface area contributed by atoms with Crippen LogP contribution < -0.4 is 9.80 Å². The molecule has 4 rings (SSSR count). The van der Waals surface area contributed by atoms with Crippen molar-refractivity contribution in [1.82, 2.24) is 0 Å². The van der Waals surface area contributed by atoms with E-state index in [1.807, 2.05) is 20.2 Å². The smallest absolute Gasteiger partial charge is 0.377 e. The number of quaternary nitrogens is 1. The van der Waals surface area contributed by atoms with E-state index in [0.29, 0.717) is 17.6 Å². The van der Waals surface area contributed by atoms with Crippen LogP contribution in [0.5, 0.6) is 0 Å². The predicted octanol–water partition coefficient (Wildman–Crippen LogP) is 3.45. The zero-order valence-corrected chi connectivity index (χ0v) is 20.2. The molecule has 1 saturated heterocycles. The average Bonchev–Trinajstić information content (AvgIpc) is 3.35. The molecule has 2 aromatic carbocycles. The van der Waals surface area contributed by atoms with Gasteiger partial charge in [-0.3, -0.25) is 19.0 Å². The number of hydrogen-bond donors (Lipinski definition) is 0. The van der Waals surface area contributed by atoms with Gasteiger partial charge in [0.15, 0.2) is 0 Å². The van der Waals surface area contributed by atoms with Gasteiger partial charge in [0.1, 0.15) is 6.54 Å². The second-order valence-electron chi connectivity index (χ2n) is 9.29. The second kappa shape index (κ2) is 9.17. The van der Waals surface area contributed by atoms with Crippen molar-refractivity contribution in [3.63, 3.8) is 0 Å². The summed E-state index contributed by atoms with van der Waals surface area (Å²) in [5.41, 5.74) is 4.62. The fourth-order valence-corrected chi connectivity index (χ4v) is 4.71. The Morgan fingerprint density at radius 2 is 1.94 bits per heavy atom. The first-order valence-electron chi connectivity index (χ1n) is 11.4. The van der Waals surface area contributed by atoms with Crippen molar-refractivity contribution in [3.05, 3.63) is 65.7 Å². The van der Waals surface area contributed by atoms with Crippen molar-refractivity contribution < 1.29 is 23.8 Å². The molecule has 0 N–H and O–H groups in total. The van der Waals surface area contributed by atoms with E-state index in [-0.39, 0.29) is 0 Å². The van der Waals surface area contributed by atoms with E-state index in [1.54, 1.807) is 6.92 Å². The zero-order valence-electron chi connectivity index (χ0n) is 20.2. The van der Waals surface area contributed by atoms with Crippen LogP contribution in [-0.4, -0.2) is 70.3 Å². The SMILES string of the molecule is CCOOC(=O)C1C[N+](C)(C)[C@@](C=Cc2ccc(N(C)C)cc2)(N2CCc3ccccc32)O1. The van der Waals surface area contributed by atoms with Crippen molar-refractivity contribution in [2.45, 2.75) is 25.3 Å². The monoisotopic (exact) mass is 452 g/mol. The molecule has 0 amide bonds. The van der Waals surface area contributed by atoms with E-state index in [4.69, 9.17) is 14.5 Å². The first-order chi connectivity index (χ1) is 15.8. The van der Waals surface area contributed by atoms with Crippen LogP contribution in [0.15, 0.2) is 54.6 Å². The van der Waals surface area contributed by atoms with E-state index in [9.17, 15) is 4.79 Å². The van der Waals surface area contributed by atoms with Gasteiger partial charge in [0.2, 0.25) is 6.10 Å². The number of ether oxygens (including phenoxy) is 1. The number of carbonyl (C=O) groups excluding carboxylic acids is 1. The standard InChI is InChI=1S/C26H34N3O4/c1-6-31-33-25(30)24-19-29(4,5)26(32-24,28-18-16-21-9-7-8-10-23(21)28)17-15-20-11-13-22(14-12-20)27(2)3/h7-15,17,24H,6,16,18-19H2,1-5H3/q+1/t24?,26-/m1/s1. The molecule has 2 aliphatic rings. The highest BCUT2D eigenvalue weighted by Crippen LogP contribution is 2.44. The Balaban J connectivity index is 1.72. The normalized spacial score (nSPS) is 23.7. The fraction of sp³-hybridized carbons (Fsp3) is 0.423. The highest BCUT2D eigenvalue weighted by molar-refractivity contribution is 5.75. The van der Waals surface area contributed by atoms with Crippen LogP contribution in [0.2, 0.25) is 0 Å². The highest BCUT2D eigenvalue weighted by Gasteiger charge is 2.61. The summed E-state index contributed by atoms with van der Waals surface area (Å²) in [5.74, 6) is -1.37. The van der Waals surface area contributed by atoms with Crippen LogP contribution in [0.3, 0.4) is 0 Å². The van der Waals surface area contributed by atoms with Crippen molar-refractivity contribution in [1.29, 1.82) is 0 Å². The first-order valence-corrected chi connectivity index (χ1v) is 11.4. The molecule has 33 heavy (non-hydrogen) atoms. The van der Waals surface area contributed by atoms with Gasteiger partial charge in [-0.1, -0.05) is 30.3 Å². The molecular weight excluding hydrogens is 418 g/mol. The Bertz CT molecular complexity index is 1020. The number of likely N-dealkylation sites (N-methyl/N-ethyl adjacent to an activating group) is 1. The van der Waals surface area contributed by atoms with Gasteiger partial charge in [-0.25, -0.2) is 4.79 Å². The summed E-state index contributed by atoms with van der Waals surface area (Å²) < 4.78 is 7.04. The minimum atomic E-state index is -0.872. The van der Waals surface area contributed by atoms with Crippen LogP contribution in [0.1, 0.15) is 18.1 Å². The number of fused-ring (bicyclic) bond motifs is 1. The molecule has 176 valence electrons. The lowest BCUT2D eigenvalue weighted by Gasteiger charge is -2.45. The number of para-hydroxylation sites is 1. The molecule has 2 atom stereocenters. The Labute approximate surface area is 196 Å². The third-order valence-corrected chi connectivity index (χ3v) is 6.50. The maximum absolute atomic E-state index is 12.7. The molecule has 0 aromatic heterocycles. The summed E-state index contributed by atoms with van der Waals surface area (Å²) in [5, 5.41) is 0. The van der Waals surface area contributed by atoms with Gasteiger partial charge >= 0.3 is 11.8 Å². The van der Waals surface area contributed by atoms with Crippen LogP contribution >= 0.6 is 0 Å². The van der Waals surface area contributed by atoms with Crippen molar-refractivity contribution in [2.75, 3.05) is 57.7 Å². The van der Waals surface area contributed by atoms with Crippen molar-refractivity contribution in [2.24, 2.45) is 0 Å². The van der Waals surface area contributed by atoms with E-state index in [2.05, 4.69) is 78.5 Å². The summed E-state index contributed by atoms with van der Waals surface area (Å²) in [6.07, 6.45) is 4.37. The van der Waals surface area contributed by atoms with Crippen LogP contribution in [-0.2, 0) is 25.7 Å². The van der Waals surface area contributed by atoms with E-state index < -0.39 is 17.9 Å². The molecule has 2 aliphatic heterocycles. The highest BCUT2D eigenvalue weighted by atomic mass is 17.2. The number of benzene rings is 2. The Morgan fingerprint density at radius 1 is 1.21 bits per heavy atom. The van der Waals surface area contributed by atoms with Gasteiger partial charge in [0.25, 0.3) is 0 Å². The average molecular weight is 453 g/mol. The van der Waals surface area contributed by atoms with E-state index in [1.165, 1.54) is 5.56 Å². The quantitative estimate of drug-likeness (QED) is 0.364. The van der Waals surface area contributed by atoms with Gasteiger partial charge in [-0.2, -0.15) is 4.89 Å². The molecular formula is C26H34N3O4+. The number of hydrogen-bond acceptors (Lipinski definition) is 6. The van der Waals surface area contributed by atoms with Gasteiger partial charge in [0.05, 0.1) is 20.7 Å². The molecule has 7 heteroatoms. The lowest BCUT2D eigenvalue weighted by atomic mass is 10.1. The lowest BCUT2D eigenvalue weighted by Crippen LogP contribution is -2.64. The third kappa shape index (κ3) is 4.36. The zero-order chi connectivity index (χ0) is 23.6. The van der Waals surface area contributed by atoms with Crippen LogP contribution in [0.4, 0.5) is 11.4 Å². The van der Waals surface area contributed by atoms with Crippen LogP contribution in [0.25, 0.3) is 6.08 Å². The molecule has 0 saturated carbocycles.